The summed E-state index contributed by atoms with van der Waals surface area (Å²) in [6, 6.07) is 0. The predicted octanol–water partition coefficient (Wildman–Crippen LogP) is 1.38. The molecule has 0 aromatic carbocycles. The number of nitrogens with zero attached hydrogens (tertiary/aromatic N) is 3. The van der Waals surface area contributed by atoms with E-state index in [0.29, 0.717) is 6.54 Å². The van der Waals surface area contributed by atoms with Gasteiger partial charge in [-0.2, -0.15) is 0 Å². The van der Waals surface area contributed by atoms with E-state index < -0.39 is 5.60 Å². The second-order valence-corrected chi connectivity index (χ2v) is 4.29. The fourth-order valence-corrected chi connectivity index (χ4v) is 1.51. The zero-order valence-electron chi connectivity index (χ0n) is 9.86. The Morgan fingerprint density at radius 2 is 1.93 bits per heavy atom. The third-order valence-electron chi connectivity index (χ3n) is 2.11. The molecule has 15 heavy (non-hydrogen) atoms. The summed E-state index contributed by atoms with van der Waals surface area (Å²) in [7, 11) is 0. The van der Waals surface area contributed by atoms with Crippen molar-refractivity contribution in [2.75, 3.05) is 18.0 Å². The van der Waals surface area contributed by atoms with Gasteiger partial charge in [0.25, 0.3) is 0 Å². The van der Waals surface area contributed by atoms with Crippen molar-refractivity contribution >= 4 is 5.82 Å². The van der Waals surface area contributed by atoms with Gasteiger partial charge < -0.3 is 10.0 Å². The van der Waals surface area contributed by atoms with Crippen LogP contribution in [0.5, 0.6) is 0 Å². The van der Waals surface area contributed by atoms with Crippen molar-refractivity contribution in [3.8, 4) is 0 Å². The summed E-state index contributed by atoms with van der Waals surface area (Å²) in [6.07, 6.45) is 3.35. The van der Waals surface area contributed by atoms with E-state index in [2.05, 4.69) is 9.97 Å². The largest absolute Gasteiger partial charge is 0.389 e. The van der Waals surface area contributed by atoms with E-state index in [1.165, 1.54) is 0 Å². The molecule has 0 amide bonds. The SMILES string of the molecule is CCN(CC(C)(C)O)c1nccnc1C. The zero-order valence-corrected chi connectivity index (χ0v) is 9.86. The Kier molecular flexibility index (Phi) is 3.63. The first-order chi connectivity index (χ1) is 6.94. The molecule has 1 aromatic rings. The Labute approximate surface area is 91.0 Å². The third-order valence-corrected chi connectivity index (χ3v) is 2.11. The first kappa shape index (κ1) is 11.9. The van der Waals surface area contributed by atoms with Crippen LogP contribution < -0.4 is 4.90 Å². The number of likely N-dealkylation sites (N-methyl/N-ethyl adjacent to an activating group) is 1. The van der Waals surface area contributed by atoms with Crippen LogP contribution in [0.4, 0.5) is 5.82 Å². The molecule has 1 N–H and O–H groups in total. The van der Waals surface area contributed by atoms with Gasteiger partial charge in [0.05, 0.1) is 11.3 Å². The Hall–Kier alpha value is -1.16. The molecule has 0 atom stereocenters. The van der Waals surface area contributed by atoms with Gasteiger partial charge in [0.2, 0.25) is 0 Å². The van der Waals surface area contributed by atoms with Gasteiger partial charge in [0.15, 0.2) is 0 Å². The number of anilines is 1. The molecule has 0 radical (unpaired) electrons. The first-order valence-electron chi connectivity index (χ1n) is 5.19. The van der Waals surface area contributed by atoms with Crippen molar-refractivity contribution < 1.29 is 5.11 Å². The quantitative estimate of drug-likeness (QED) is 0.814. The van der Waals surface area contributed by atoms with Gasteiger partial charge in [-0.15, -0.1) is 0 Å². The minimum Gasteiger partial charge on any atom is -0.389 e. The number of aromatic nitrogens is 2. The lowest BCUT2D eigenvalue weighted by molar-refractivity contribution is 0.0874. The Morgan fingerprint density at radius 3 is 2.40 bits per heavy atom. The molecular formula is C11H19N3O. The summed E-state index contributed by atoms with van der Waals surface area (Å²) in [5, 5.41) is 9.78. The van der Waals surface area contributed by atoms with E-state index in [4.69, 9.17) is 0 Å². The maximum atomic E-state index is 9.78. The molecule has 1 heterocycles. The van der Waals surface area contributed by atoms with E-state index in [0.717, 1.165) is 18.1 Å². The van der Waals surface area contributed by atoms with E-state index in [-0.39, 0.29) is 0 Å². The van der Waals surface area contributed by atoms with Crippen molar-refractivity contribution in [1.82, 2.24) is 9.97 Å². The lowest BCUT2D eigenvalue weighted by atomic mass is 10.1. The van der Waals surface area contributed by atoms with E-state index in [1.807, 2.05) is 18.7 Å². The lowest BCUT2D eigenvalue weighted by Crippen LogP contribution is -2.39. The zero-order chi connectivity index (χ0) is 11.5. The molecule has 0 unspecified atom stereocenters. The Balaban J connectivity index is 2.88. The predicted molar refractivity (Wildman–Crippen MR) is 61.0 cm³/mol. The van der Waals surface area contributed by atoms with Crippen LogP contribution >= 0.6 is 0 Å². The number of hydrogen-bond acceptors (Lipinski definition) is 4. The molecule has 4 heteroatoms. The number of aliphatic hydroxyl groups is 1. The molecule has 0 saturated heterocycles. The molecule has 0 bridgehead atoms. The second-order valence-electron chi connectivity index (χ2n) is 4.29. The molecule has 0 aliphatic carbocycles. The van der Waals surface area contributed by atoms with Gasteiger partial charge >= 0.3 is 0 Å². The average Bonchev–Trinajstić information content (AvgIpc) is 2.14. The smallest absolute Gasteiger partial charge is 0.150 e. The Bertz CT molecular complexity index is 320. The summed E-state index contributed by atoms with van der Waals surface area (Å²) in [4.78, 5) is 10.5. The van der Waals surface area contributed by atoms with Gasteiger partial charge in [0.1, 0.15) is 5.82 Å². The highest BCUT2D eigenvalue weighted by atomic mass is 16.3. The summed E-state index contributed by atoms with van der Waals surface area (Å²) in [5.74, 6) is 0.849. The molecular weight excluding hydrogens is 190 g/mol. The molecule has 0 fully saturated rings. The molecule has 1 rings (SSSR count). The number of hydrogen-bond donors (Lipinski definition) is 1. The molecule has 0 saturated carbocycles. The van der Waals surface area contributed by atoms with E-state index >= 15 is 0 Å². The van der Waals surface area contributed by atoms with Crippen LogP contribution in [0, 0.1) is 6.92 Å². The number of rotatable bonds is 4. The fraction of sp³-hybridized carbons (Fsp3) is 0.636. The fourth-order valence-electron chi connectivity index (χ4n) is 1.51. The standard InChI is InChI=1S/C11H19N3O/c1-5-14(8-11(3,4)15)10-9(2)12-6-7-13-10/h6-7,15H,5,8H2,1-4H3. The van der Waals surface area contributed by atoms with Crippen molar-refractivity contribution in [1.29, 1.82) is 0 Å². The normalized spacial score (nSPS) is 11.5. The first-order valence-corrected chi connectivity index (χ1v) is 5.19. The molecule has 4 nitrogen and oxygen atoms in total. The minimum absolute atomic E-state index is 0.559. The molecule has 1 aromatic heterocycles. The van der Waals surface area contributed by atoms with Crippen LogP contribution in [0.2, 0.25) is 0 Å². The van der Waals surface area contributed by atoms with E-state index in [9.17, 15) is 5.11 Å². The van der Waals surface area contributed by atoms with Gasteiger partial charge in [-0.1, -0.05) is 0 Å². The van der Waals surface area contributed by atoms with Gasteiger partial charge in [-0.05, 0) is 27.7 Å². The van der Waals surface area contributed by atoms with Gasteiger partial charge in [0, 0.05) is 25.5 Å². The van der Waals surface area contributed by atoms with E-state index in [1.54, 1.807) is 26.2 Å². The van der Waals surface area contributed by atoms with Crippen LogP contribution in [0.15, 0.2) is 12.4 Å². The molecule has 0 spiro atoms. The minimum atomic E-state index is -0.722. The molecule has 0 aliphatic heterocycles. The average molecular weight is 209 g/mol. The third kappa shape index (κ3) is 3.47. The summed E-state index contributed by atoms with van der Waals surface area (Å²) >= 11 is 0. The topological polar surface area (TPSA) is 49.2 Å². The summed E-state index contributed by atoms with van der Waals surface area (Å²) in [5.41, 5.74) is 0.170. The summed E-state index contributed by atoms with van der Waals surface area (Å²) in [6.45, 7) is 8.92. The lowest BCUT2D eigenvalue weighted by Gasteiger charge is -2.29. The van der Waals surface area contributed by atoms with Gasteiger partial charge in [-0.25, -0.2) is 4.98 Å². The van der Waals surface area contributed by atoms with Crippen molar-refractivity contribution in [2.24, 2.45) is 0 Å². The van der Waals surface area contributed by atoms with Crippen molar-refractivity contribution in [2.45, 2.75) is 33.3 Å². The van der Waals surface area contributed by atoms with Crippen LogP contribution in [0.25, 0.3) is 0 Å². The van der Waals surface area contributed by atoms with Crippen LogP contribution in [-0.4, -0.2) is 33.8 Å². The van der Waals surface area contributed by atoms with Crippen molar-refractivity contribution in [3.63, 3.8) is 0 Å². The highest BCUT2D eigenvalue weighted by Crippen LogP contribution is 2.16. The van der Waals surface area contributed by atoms with Crippen molar-refractivity contribution in [3.05, 3.63) is 18.1 Å². The highest BCUT2D eigenvalue weighted by Gasteiger charge is 2.19. The van der Waals surface area contributed by atoms with Crippen LogP contribution in [0.3, 0.4) is 0 Å². The van der Waals surface area contributed by atoms with Gasteiger partial charge in [-0.3, -0.25) is 4.98 Å². The maximum absolute atomic E-state index is 9.78. The molecule has 84 valence electrons. The highest BCUT2D eigenvalue weighted by molar-refractivity contribution is 5.42. The summed E-state index contributed by atoms with van der Waals surface area (Å²) < 4.78 is 0. The monoisotopic (exact) mass is 209 g/mol. The molecule has 0 aliphatic rings. The Morgan fingerprint density at radius 1 is 1.33 bits per heavy atom. The second kappa shape index (κ2) is 4.57. The number of aryl methyl sites for hydroxylation is 1. The maximum Gasteiger partial charge on any atom is 0.150 e. The van der Waals surface area contributed by atoms with Crippen LogP contribution in [-0.2, 0) is 0 Å². The van der Waals surface area contributed by atoms with Crippen LogP contribution in [0.1, 0.15) is 26.5 Å².